The van der Waals surface area contributed by atoms with Crippen LogP contribution < -0.4 is 10.2 Å². The summed E-state index contributed by atoms with van der Waals surface area (Å²) >= 11 is 0. The number of rotatable bonds is 8. The maximum atomic E-state index is 12.5. The number of nitrogens with one attached hydrogen (secondary N) is 1. The molecule has 2 aromatic carbocycles. The van der Waals surface area contributed by atoms with E-state index in [1.165, 1.54) is 7.11 Å². The van der Waals surface area contributed by atoms with Gasteiger partial charge in [0.1, 0.15) is 6.04 Å². The Morgan fingerprint density at radius 2 is 1.55 bits per heavy atom. The van der Waals surface area contributed by atoms with E-state index in [2.05, 4.69) is 29.0 Å². The Bertz CT molecular complexity index is 842. The number of hydrogen-bond donors (Lipinski definition) is 1. The van der Waals surface area contributed by atoms with Crippen molar-refractivity contribution in [2.24, 2.45) is 0 Å². The fourth-order valence-corrected chi connectivity index (χ4v) is 4.07. The molecule has 1 heterocycles. The molecule has 0 bridgehead atoms. The van der Waals surface area contributed by atoms with Crippen LogP contribution in [0.2, 0.25) is 0 Å². The summed E-state index contributed by atoms with van der Waals surface area (Å²) in [6.45, 7) is 7.29. The molecule has 1 N–H and O–H groups in total. The molecule has 0 saturated carbocycles. The van der Waals surface area contributed by atoms with E-state index >= 15 is 0 Å². The normalized spacial score (nSPS) is 15.5. The lowest BCUT2D eigenvalue weighted by Crippen LogP contribution is -2.49. The average Bonchev–Trinajstić information content (AvgIpc) is 2.83. The molecule has 2 aromatic rings. The summed E-state index contributed by atoms with van der Waals surface area (Å²) in [5.74, 6) is -0.249. The second-order valence-corrected chi connectivity index (χ2v) is 7.89. The maximum absolute atomic E-state index is 12.5. The molecule has 0 spiro atoms. The molecule has 6 nitrogen and oxygen atoms in total. The van der Waals surface area contributed by atoms with Crippen LogP contribution in [0.15, 0.2) is 54.6 Å². The monoisotopic (exact) mass is 423 g/mol. The van der Waals surface area contributed by atoms with Crippen molar-refractivity contribution < 1.29 is 14.3 Å². The minimum Gasteiger partial charge on any atom is -0.468 e. The minimum absolute atomic E-state index is 0.0196. The summed E-state index contributed by atoms with van der Waals surface area (Å²) in [4.78, 5) is 29.4. The van der Waals surface area contributed by atoms with Crippen molar-refractivity contribution in [2.75, 3.05) is 38.2 Å². The van der Waals surface area contributed by atoms with Crippen LogP contribution in [-0.4, -0.2) is 56.1 Å². The Kier molecular flexibility index (Phi) is 8.06. The van der Waals surface area contributed by atoms with Crippen LogP contribution in [0.1, 0.15) is 48.7 Å². The number of piperazine rings is 1. The molecular formula is C25H33N3O3. The van der Waals surface area contributed by atoms with Crippen molar-refractivity contribution >= 4 is 17.6 Å². The highest BCUT2D eigenvalue weighted by atomic mass is 16.5. The summed E-state index contributed by atoms with van der Waals surface area (Å²) in [6.07, 6.45) is 1.86. The first-order chi connectivity index (χ1) is 15.1. The highest BCUT2D eigenvalue weighted by molar-refractivity contribution is 5.94. The van der Waals surface area contributed by atoms with E-state index in [0.717, 1.165) is 50.3 Å². The Labute approximate surface area is 185 Å². The fourth-order valence-electron chi connectivity index (χ4n) is 4.07. The van der Waals surface area contributed by atoms with E-state index in [-0.39, 0.29) is 24.0 Å². The predicted octanol–water partition coefficient (Wildman–Crippen LogP) is 3.64. The first-order valence-corrected chi connectivity index (χ1v) is 11.1. The van der Waals surface area contributed by atoms with Gasteiger partial charge in [0.25, 0.3) is 5.91 Å². The van der Waals surface area contributed by atoms with Gasteiger partial charge in [-0.15, -0.1) is 0 Å². The lowest BCUT2D eigenvalue weighted by molar-refractivity contribution is -0.147. The van der Waals surface area contributed by atoms with Gasteiger partial charge in [-0.25, -0.2) is 4.79 Å². The Balaban J connectivity index is 1.62. The summed E-state index contributed by atoms with van der Waals surface area (Å²) in [7, 11) is 1.44. The fraction of sp³-hybridized carbons (Fsp3) is 0.440. The number of amides is 1. The van der Waals surface area contributed by atoms with Crippen LogP contribution in [0.25, 0.3) is 0 Å². The number of benzene rings is 2. The first-order valence-electron chi connectivity index (χ1n) is 11.1. The Morgan fingerprint density at radius 1 is 0.935 bits per heavy atom. The number of esters is 1. The zero-order valence-corrected chi connectivity index (χ0v) is 18.7. The van der Waals surface area contributed by atoms with E-state index in [4.69, 9.17) is 4.74 Å². The SMILES string of the molecule is CCC(CC)NC(=O)c1ccc(N2CCN(C(C(=O)OC)c3ccccc3)CC2)cc1. The van der Waals surface area contributed by atoms with Crippen LogP contribution in [0.3, 0.4) is 0 Å². The van der Waals surface area contributed by atoms with Gasteiger partial charge in [-0.1, -0.05) is 44.2 Å². The van der Waals surface area contributed by atoms with E-state index in [9.17, 15) is 9.59 Å². The molecule has 31 heavy (non-hydrogen) atoms. The van der Waals surface area contributed by atoms with Crippen LogP contribution in [-0.2, 0) is 9.53 Å². The van der Waals surface area contributed by atoms with E-state index in [0.29, 0.717) is 5.56 Å². The quantitative estimate of drug-likeness (QED) is 0.657. The second kappa shape index (κ2) is 11.0. The largest absolute Gasteiger partial charge is 0.468 e. The van der Waals surface area contributed by atoms with Gasteiger partial charge < -0.3 is 15.0 Å². The summed E-state index contributed by atoms with van der Waals surface area (Å²) in [5, 5.41) is 3.08. The number of methoxy groups -OCH3 is 1. The molecule has 1 aliphatic heterocycles. The van der Waals surface area contributed by atoms with Gasteiger partial charge in [0, 0.05) is 43.5 Å². The zero-order valence-electron chi connectivity index (χ0n) is 18.7. The third-order valence-corrected chi connectivity index (χ3v) is 6.03. The molecule has 1 atom stereocenters. The molecule has 0 aromatic heterocycles. The van der Waals surface area contributed by atoms with Crippen LogP contribution in [0.5, 0.6) is 0 Å². The van der Waals surface area contributed by atoms with Gasteiger partial charge in [-0.2, -0.15) is 0 Å². The van der Waals surface area contributed by atoms with Crippen molar-refractivity contribution in [1.82, 2.24) is 10.2 Å². The molecule has 0 radical (unpaired) electrons. The molecular weight excluding hydrogens is 390 g/mol. The second-order valence-electron chi connectivity index (χ2n) is 7.89. The molecule has 1 fully saturated rings. The average molecular weight is 424 g/mol. The molecule has 1 amide bonds. The number of ether oxygens (including phenoxy) is 1. The molecule has 1 aliphatic rings. The third-order valence-electron chi connectivity index (χ3n) is 6.03. The predicted molar refractivity (Wildman–Crippen MR) is 123 cm³/mol. The highest BCUT2D eigenvalue weighted by Crippen LogP contribution is 2.25. The van der Waals surface area contributed by atoms with E-state index in [1.807, 2.05) is 54.6 Å². The van der Waals surface area contributed by atoms with Gasteiger partial charge in [0.15, 0.2) is 0 Å². The standard InChI is InChI=1S/C25H33N3O3/c1-4-21(5-2)26-24(29)20-11-13-22(14-12-20)27-15-17-28(18-16-27)23(25(30)31-3)19-9-7-6-8-10-19/h6-14,21,23H,4-5,15-18H2,1-3H3,(H,26,29). The number of carbonyl (C=O) groups is 2. The van der Waals surface area contributed by atoms with Crippen LogP contribution in [0.4, 0.5) is 5.69 Å². The smallest absolute Gasteiger partial charge is 0.327 e. The van der Waals surface area contributed by atoms with Crippen molar-refractivity contribution in [2.45, 2.75) is 38.8 Å². The molecule has 0 aliphatic carbocycles. The number of carbonyl (C=O) groups excluding carboxylic acids is 2. The Morgan fingerprint density at radius 3 is 2.10 bits per heavy atom. The zero-order chi connectivity index (χ0) is 22.2. The van der Waals surface area contributed by atoms with Gasteiger partial charge in [-0.05, 0) is 42.7 Å². The molecule has 1 unspecified atom stereocenters. The van der Waals surface area contributed by atoms with Crippen LogP contribution in [0, 0.1) is 0 Å². The summed E-state index contributed by atoms with van der Waals surface area (Å²) in [5.41, 5.74) is 2.73. The Hall–Kier alpha value is -2.86. The van der Waals surface area contributed by atoms with Crippen molar-refractivity contribution in [3.8, 4) is 0 Å². The number of hydrogen-bond acceptors (Lipinski definition) is 5. The van der Waals surface area contributed by atoms with Crippen molar-refractivity contribution in [3.63, 3.8) is 0 Å². The summed E-state index contributed by atoms with van der Waals surface area (Å²) in [6, 6.07) is 17.4. The van der Waals surface area contributed by atoms with E-state index in [1.54, 1.807) is 0 Å². The van der Waals surface area contributed by atoms with Crippen LogP contribution >= 0.6 is 0 Å². The molecule has 1 saturated heterocycles. The van der Waals surface area contributed by atoms with Gasteiger partial charge in [0.2, 0.25) is 0 Å². The maximum Gasteiger partial charge on any atom is 0.327 e. The number of nitrogens with zero attached hydrogens (tertiary/aromatic N) is 2. The topological polar surface area (TPSA) is 61.9 Å². The summed E-state index contributed by atoms with van der Waals surface area (Å²) < 4.78 is 5.08. The highest BCUT2D eigenvalue weighted by Gasteiger charge is 2.31. The molecule has 166 valence electrons. The minimum atomic E-state index is -0.385. The first kappa shape index (κ1) is 22.8. The van der Waals surface area contributed by atoms with Gasteiger partial charge in [-0.3, -0.25) is 9.69 Å². The lowest BCUT2D eigenvalue weighted by Gasteiger charge is -2.39. The van der Waals surface area contributed by atoms with Crippen molar-refractivity contribution in [3.05, 3.63) is 65.7 Å². The van der Waals surface area contributed by atoms with E-state index < -0.39 is 0 Å². The van der Waals surface area contributed by atoms with Gasteiger partial charge >= 0.3 is 5.97 Å². The molecule has 3 rings (SSSR count). The lowest BCUT2D eigenvalue weighted by atomic mass is 10.0. The van der Waals surface area contributed by atoms with Crippen molar-refractivity contribution in [1.29, 1.82) is 0 Å². The molecule has 6 heteroatoms. The third kappa shape index (κ3) is 5.64. The van der Waals surface area contributed by atoms with Gasteiger partial charge in [0.05, 0.1) is 7.11 Å². The number of anilines is 1.